The van der Waals surface area contributed by atoms with E-state index in [9.17, 15) is 0 Å². The van der Waals surface area contributed by atoms with Gasteiger partial charge in [0.1, 0.15) is 5.82 Å². The lowest BCUT2D eigenvalue weighted by Crippen LogP contribution is -2.53. The molecule has 94 valence electrons. The SMILES string of the molecule is Cc1nccc(CN2CCNCC2C(C)C)n1. The summed E-state index contributed by atoms with van der Waals surface area (Å²) >= 11 is 0. The van der Waals surface area contributed by atoms with Crippen LogP contribution in [-0.4, -0.2) is 40.5 Å². The number of hydrogen-bond donors (Lipinski definition) is 1. The molecular formula is C13H22N4. The highest BCUT2D eigenvalue weighted by molar-refractivity contribution is 5.02. The summed E-state index contributed by atoms with van der Waals surface area (Å²) < 4.78 is 0. The van der Waals surface area contributed by atoms with Crippen molar-refractivity contribution in [3.8, 4) is 0 Å². The Hall–Kier alpha value is -1.00. The smallest absolute Gasteiger partial charge is 0.125 e. The summed E-state index contributed by atoms with van der Waals surface area (Å²) in [5.41, 5.74) is 1.13. The zero-order valence-electron chi connectivity index (χ0n) is 11.0. The topological polar surface area (TPSA) is 41.1 Å². The van der Waals surface area contributed by atoms with Crippen molar-refractivity contribution in [3.05, 3.63) is 23.8 Å². The predicted octanol–water partition coefficient (Wildman–Crippen LogP) is 1.21. The van der Waals surface area contributed by atoms with Crippen LogP contribution in [0.1, 0.15) is 25.4 Å². The summed E-state index contributed by atoms with van der Waals surface area (Å²) in [5.74, 6) is 1.53. The molecule has 2 rings (SSSR count). The van der Waals surface area contributed by atoms with Gasteiger partial charge in [-0.25, -0.2) is 9.97 Å². The third-order valence-electron chi connectivity index (χ3n) is 3.37. The molecule has 0 aromatic carbocycles. The highest BCUT2D eigenvalue weighted by atomic mass is 15.2. The number of nitrogens with one attached hydrogen (secondary N) is 1. The van der Waals surface area contributed by atoms with Gasteiger partial charge in [-0.1, -0.05) is 13.8 Å². The first-order chi connectivity index (χ1) is 8.16. The molecule has 1 aliphatic rings. The lowest BCUT2D eigenvalue weighted by Gasteiger charge is -2.38. The van der Waals surface area contributed by atoms with Crippen LogP contribution in [0.4, 0.5) is 0 Å². The van der Waals surface area contributed by atoms with Crippen molar-refractivity contribution in [1.82, 2.24) is 20.2 Å². The Labute approximate surface area is 103 Å². The zero-order chi connectivity index (χ0) is 12.3. The Bertz CT molecular complexity index is 364. The van der Waals surface area contributed by atoms with E-state index in [0.29, 0.717) is 12.0 Å². The Morgan fingerprint density at radius 3 is 3.06 bits per heavy atom. The van der Waals surface area contributed by atoms with E-state index in [4.69, 9.17) is 0 Å². The standard InChI is InChI=1S/C13H22N4/c1-10(2)13-8-14-6-7-17(13)9-12-4-5-15-11(3)16-12/h4-5,10,13-14H,6-9H2,1-3H3. The van der Waals surface area contributed by atoms with Gasteiger partial charge in [-0.15, -0.1) is 0 Å². The van der Waals surface area contributed by atoms with Gasteiger partial charge in [0, 0.05) is 38.4 Å². The first kappa shape index (κ1) is 12.5. The highest BCUT2D eigenvalue weighted by Gasteiger charge is 2.24. The van der Waals surface area contributed by atoms with Crippen LogP contribution in [0.2, 0.25) is 0 Å². The molecule has 0 amide bonds. The van der Waals surface area contributed by atoms with E-state index in [1.807, 2.05) is 19.2 Å². The number of nitrogens with zero attached hydrogens (tertiary/aromatic N) is 3. The number of hydrogen-bond acceptors (Lipinski definition) is 4. The van der Waals surface area contributed by atoms with Gasteiger partial charge in [0.25, 0.3) is 0 Å². The Balaban J connectivity index is 2.05. The first-order valence-electron chi connectivity index (χ1n) is 6.40. The molecule has 4 heteroatoms. The maximum atomic E-state index is 4.49. The van der Waals surface area contributed by atoms with E-state index in [-0.39, 0.29) is 0 Å². The van der Waals surface area contributed by atoms with E-state index < -0.39 is 0 Å². The Kier molecular flexibility index (Phi) is 4.07. The fraction of sp³-hybridized carbons (Fsp3) is 0.692. The van der Waals surface area contributed by atoms with Crippen molar-refractivity contribution >= 4 is 0 Å². The zero-order valence-corrected chi connectivity index (χ0v) is 11.0. The number of aromatic nitrogens is 2. The number of rotatable bonds is 3. The molecule has 1 fully saturated rings. The summed E-state index contributed by atoms with van der Waals surface area (Å²) in [7, 11) is 0. The monoisotopic (exact) mass is 234 g/mol. The second kappa shape index (κ2) is 5.56. The van der Waals surface area contributed by atoms with Crippen LogP contribution < -0.4 is 5.32 Å². The van der Waals surface area contributed by atoms with Crippen LogP contribution in [0, 0.1) is 12.8 Å². The molecule has 4 nitrogen and oxygen atoms in total. The summed E-state index contributed by atoms with van der Waals surface area (Å²) in [4.78, 5) is 11.2. The van der Waals surface area contributed by atoms with Gasteiger partial charge in [0.2, 0.25) is 0 Å². The normalized spacial score (nSPS) is 22.0. The summed E-state index contributed by atoms with van der Waals surface area (Å²) in [6, 6.07) is 2.63. The minimum Gasteiger partial charge on any atom is -0.314 e. The maximum Gasteiger partial charge on any atom is 0.125 e. The first-order valence-corrected chi connectivity index (χ1v) is 6.40. The predicted molar refractivity (Wildman–Crippen MR) is 68.7 cm³/mol. The van der Waals surface area contributed by atoms with Crippen molar-refractivity contribution in [2.24, 2.45) is 5.92 Å². The summed E-state index contributed by atoms with van der Waals surface area (Å²) in [6.45, 7) is 10.7. The Morgan fingerprint density at radius 2 is 2.35 bits per heavy atom. The lowest BCUT2D eigenvalue weighted by molar-refractivity contribution is 0.115. The van der Waals surface area contributed by atoms with Crippen molar-refractivity contribution in [2.75, 3.05) is 19.6 Å². The maximum absolute atomic E-state index is 4.49. The van der Waals surface area contributed by atoms with Gasteiger partial charge in [-0.2, -0.15) is 0 Å². The molecule has 1 unspecified atom stereocenters. The summed E-state index contributed by atoms with van der Waals surface area (Å²) in [6.07, 6.45) is 1.85. The van der Waals surface area contributed by atoms with Crippen LogP contribution in [0.5, 0.6) is 0 Å². The number of aryl methyl sites for hydroxylation is 1. The quantitative estimate of drug-likeness (QED) is 0.853. The van der Waals surface area contributed by atoms with Crippen molar-refractivity contribution in [1.29, 1.82) is 0 Å². The van der Waals surface area contributed by atoms with Crippen molar-refractivity contribution < 1.29 is 0 Å². The minimum atomic E-state index is 0.610. The molecule has 0 bridgehead atoms. The van der Waals surface area contributed by atoms with E-state index in [1.54, 1.807) is 0 Å². The lowest BCUT2D eigenvalue weighted by atomic mass is 10.0. The fourth-order valence-corrected chi connectivity index (χ4v) is 2.42. The van der Waals surface area contributed by atoms with E-state index in [0.717, 1.165) is 37.7 Å². The van der Waals surface area contributed by atoms with E-state index in [2.05, 4.69) is 34.0 Å². The third kappa shape index (κ3) is 3.23. The molecule has 1 aliphatic heterocycles. The minimum absolute atomic E-state index is 0.610. The van der Waals surface area contributed by atoms with Gasteiger partial charge >= 0.3 is 0 Å². The molecule has 1 aromatic heterocycles. The van der Waals surface area contributed by atoms with Gasteiger partial charge in [-0.05, 0) is 18.9 Å². The average Bonchev–Trinajstić information content (AvgIpc) is 2.29. The third-order valence-corrected chi connectivity index (χ3v) is 3.37. The Morgan fingerprint density at radius 1 is 1.53 bits per heavy atom. The molecule has 1 aromatic rings. The number of piperazine rings is 1. The van der Waals surface area contributed by atoms with Gasteiger partial charge in [0.15, 0.2) is 0 Å². The van der Waals surface area contributed by atoms with Crippen LogP contribution in [0.25, 0.3) is 0 Å². The molecule has 0 radical (unpaired) electrons. The molecule has 1 saturated heterocycles. The second-order valence-corrected chi connectivity index (χ2v) is 5.08. The average molecular weight is 234 g/mol. The van der Waals surface area contributed by atoms with Gasteiger partial charge in [0.05, 0.1) is 5.69 Å². The largest absolute Gasteiger partial charge is 0.314 e. The van der Waals surface area contributed by atoms with Crippen LogP contribution in [-0.2, 0) is 6.54 Å². The fourth-order valence-electron chi connectivity index (χ4n) is 2.42. The second-order valence-electron chi connectivity index (χ2n) is 5.08. The van der Waals surface area contributed by atoms with Crippen LogP contribution in [0.3, 0.4) is 0 Å². The van der Waals surface area contributed by atoms with Crippen LogP contribution >= 0.6 is 0 Å². The van der Waals surface area contributed by atoms with Crippen molar-refractivity contribution in [3.63, 3.8) is 0 Å². The summed E-state index contributed by atoms with van der Waals surface area (Å²) in [5, 5.41) is 3.47. The molecular weight excluding hydrogens is 212 g/mol. The van der Waals surface area contributed by atoms with Gasteiger partial charge in [-0.3, -0.25) is 4.90 Å². The molecule has 0 spiro atoms. The van der Waals surface area contributed by atoms with E-state index >= 15 is 0 Å². The molecule has 0 saturated carbocycles. The molecule has 2 heterocycles. The van der Waals surface area contributed by atoms with E-state index in [1.165, 1.54) is 0 Å². The molecule has 1 N–H and O–H groups in total. The van der Waals surface area contributed by atoms with Crippen molar-refractivity contribution in [2.45, 2.75) is 33.4 Å². The molecule has 1 atom stereocenters. The molecule has 17 heavy (non-hydrogen) atoms. The molecule has 0 aliphatic carbocycles. The van der Waals surface area contributed by atoms with Gasteiger partial charge < -0.3 is 5.32 Å². The highest BCUT2D eigenvalue weighted by Crippen LogP contribution is 2.15. The van der Waals surface area contributed by atoms with Crippen LogP contribution in [0.15, 0.2) is 12.3 Å².